The summed E-state index contributed by atoms with van der Waals surface area (Å²) in [6.45, 7) is 0.486. The van der Waals surface area contributed by atoms with Crippen LogP contribution in [0.25, 0.3) is 0 Å². The van der Waals surface area contributed by atoms with Gasteiger partial charge in [0.15, 0.2) is 0 Å². The van der Waals surface area contributed by atoms with Gasteiger partial charge >= 0.3 is 0 Å². The Morgan fingerprint density at radius 2 is 1.89 bits per heavy atom. The van der Waals surface area contributed by atoms with E-state index < -0.39 is 10.8 Å². The monoisotopic (exact) mass is 280 g/mol. The minimum absolute atomic E-state index is 0.101. The van der Waals surface area contributed by atoms with Crippen molar-refractivity contribution in [3.8, 4) is 0 Å². The lowest BCUT2D eigenvalue weighted by Gasteiger charge is -2.09. The molecule has 0 spiro atoms. The Labute approximate surface area is 116 Å². The SMILES string of the molecule is NCc1ccc(NC(=O)CS(=O)C2CCCC2)cc1. The highest BCUT2D eigenvalue weighted by atomic mass is 32.2. The van der Waals surface area contributed by atoms with Crippen LogP contribution in [0, 0.1) is 0 Å². The Bertz CT molecular complexity index is 453. The summed E-state index contributed by atoms with van der Waals surface area (Å²) < 4.78 is 12.0. The van der Waals surface area contributed by atoms with Crippen LogP contribution in [0.2, 0.25) is 0 Å². The van der Waals surface area contributed by atoms with Crippen molar-refractivity contribution in [3.63, 3.8) is 0 Å². The van der Waals surface area contributed by atoms with Gasteiger partial charge in [-0.05, 0) is 30.5 Å². The van der Waals surface area contributed by atoms with Crippen molar-refractivity contribution in [2.75, 3.05) is 11.1 Å². The van der Waals surface area contributed by atoms with Gasteiger partial charge in [0.2, 0.25) is 5.91 Å². The summed E-state index contributed by atoms with van der Waals surface area (Å²) in [5.74, 6) is -0.0747. The van der Waals surface area contributed by atoms with Gasteiger partial charge in [0.1, 0.15) is 5.75 Å². The highest BCUT2D eigenvalue weighted by Gasteiger charge is 2.23. The molecule has 0 saturated heterocycles. The van der Waals surface area contributed by atoms with Gasteiger partial charge in [-0.25, -0.2) is 0 Å². The van der Waals surface area contributed by atoms with Gasteiger partial charge in [0.05, 0.1) is 0 Å². The molecule has 0 radical (unpaired) electrons. The van der Waals surface area contributed by atoms with Gasteiger partial charge in [0.25, 0.3) is 0 Å². The first-order valence-corrected chi connectivity index (χ1v) is 8.03. The Hall–Kier alpha value is -1.20. The molecular formula is C14H20N2O2S. The molecule has 4 nitrogen and oxygen atoms in total. The number of benzene rings is 1. The first-order chi connectivity index (χ1) is 9.19. The average Bonchev–Trinajstić information content (AvgIpc) is 2.93. The third kappa shape index (κ3) is 4.14. The minimum atomic E-state index is -1.04. The zero-order chi connectivity index (χ0) is 13.7. The van der Waals surface area contributed by atoms with Crippen molar-refractivity contribution in [2.24, 2.45) is 5.73 Å². The molecule has 0 aliphatic heterocycles. The van der Waals surface area contributed by atoms with E-state index in [9.17, 15) is 9.00 Å². The van der Waals surface area contributed by atoms with Crippen molar-refractivity contribution in [3.05, 3.63) is 29.8 Å². The van der Waals surface area contributed by atoms with Crippen molar-refractivity contribution >= 4 is 22.4 Å². The molecule has 1 aliphatic rings. The molecular weight excluding hydrogens is 260 g/mol. The van der Waals surface area contributed by atoms with E-state index in [0.29, 0.717) is 6.54 Å². The van der Waals surface area contributed by atoms with E-state index in [1.807, 2.05) is 24.3 Å². The summed E-state index contributed by atoms with van der Waals surface area (Å²) in [6.07, 6.45) is 4.26. The Morgan fingerprint density at radius 1 is 1.26 bits per heavy atom. The fourth-order valence-electron chi connectivity index (χ4n) is 2.32. The molecule has 2 rings (SSSR count). The molecule has 0 heterocycles. The Balaban J connectivity index is 1.84. The van der Waals surface area contributed by atoms with E-state index in [2.05, 4.69) is 5.32 Å². The van der Waals surface area contributed by atoms with Crippen LogP contribution in [-0.4, -0.2) is 21.1 Å². The third-order valence-electron chi connectivity index (χ3n) is 3.42. The van der Waals surface area contributed by atoms with Crippen LogP contribution >= 0.6 is 0 Å². The quantitative estimate of drug-likeness (QED) is 0.863. The fraction of sp³-hybridized carbons (Fsp3) is 0.500. The summed E-state index contributed by atoms with van der Waals surface area (Å²) in [5.41, 5.74) is 7.26. The highest BCUT2D eigenvalue weighted by molar-refractivity contribution is 7.86. The number of nitrogens with two attached hydrogens (primary N) is 1. The summed E-state index contributed by atoms with van der Waals surface area (Å²) in [4.78, 5) is 11.8. The number of anilines is 1. The highest BCUT2D eigenvalue weighted by Crippen LogP contribution is 2.23. The van der Waals surface area contributed by atoms with Gasteiger partial charge in [-0.1, -0.05) is 25.0 Å². The van der Waals surface area contributed by atoms with Crippen LogP contribution in [0.3, 0.4) is 0 Å². The number of carbonyl (C=O) groups is 1. The fourth-order valence-corrected chi connectivity index (χ4v) is 3.74. The maximum atomic E-state index is 12.0. The molecule has 1 aromatic carbocycles. The second-order valence-electron chi connectivity index (χ2n) is 4.88. The van der Waals surface area contributed by atoms with Gasteiger partial charge in [-0.15, -0.1) is 0 Å². The molecule has 1 saturated carbocycles. The van der Waals surface area contributed by atoms with Crippen LogP contribution in [0.15, 0.2) is 24.3 Å². The van der Waals surface area contributed by atoms with E-state index in [1.165, 1.54) is 0 Å². The second kappa shape index (κ2) is 6.82. The Morgan fingerprint density at radius 3 is 2.47 bits per heavy atom. The standard InChI is InChI=1S/C14H20N2O2S/c15-9-11-5-7-12(8-6-11)16-14(17)10-19(18)13-3-1-2-4-13/h5-8,13H,1-4,9-10,15H2,(H,16,17). The molecule has 1 aliphatic carbocycles. The lowest BCUT2D eigenvalue weighted by molar-refractivity contribution is -0.113. The zero-order valence-electron chi connectivity index (χ0n) is 10.9. The van der Waals surface area contributed by atoms with E-state index in [1.54, 1.807) is 0 Å². The maximum absolute atomic E-state index is 12.0. The van der Waals surface area contributed by atoms with Gasteiger partial charge in [-0.3, -0.25) is 9.00 Å². The minimum Gasteiger partial charge on any atom is -0.326 e. The zero-order valence-corrected chi connectivity index (χ0v) is 11.7. The van der Waals surface area contributed by atoms with Gasteiger partial charge in [0, 0.05) is 28.3 Å². The van der Waals surface area contributed by atoms with Crippen molar-refractivity contribution in [2.45, 2.75) is 37.5 Å². The van der Waals surface area contributed by atoms with Crippen molar-refractivity contribution in [1.29, 1.82) is 0 Å². The van der Waals surface area contributed by atoms with E-state index in [4.69, 9.17) is 5.73 Å². The normalized spacial score (nSPS) is 17.3. The lowest BCUT2D eigenvalue weighted by Crippen LogP contribution is -2.24. The average molecular weight is 280 g/mol. The predicted octanol–water partition coefficient (Wildman–Crippen LogP) is 1.78. The van der Waals surface area contributed by atoms with Crippen LogP contribution in [0.5, 0.6) is 0 Å². The first-order valence-electron chi connectivity index (χ1n) is 6.65. The number of hydrogen-bond donors (Lipinski definition) is 2. The van der Waals surface area contributed by atoms with Crippen LogP contribution < -0.4 is 11.1 Å². The van der Waals surface area contributed by atoms with E-state index >= 15 is 0 Å². The number of hydrogen-bond acceptors (Lipinski definition) is 3. The van der Waals surface area contributed by atoms with Gasteiger partial charge in [-0.2, -0.15) is 0 Å². The molecule has 1 amide bonds. The lowest BCUT2D eigenvalue weighted by atomic mass is 10.2. The number of rotatable bonds is 5. The number of nitrogens with one attached hydrogen (secondary N) is 1. The summed E-state index contributed by atoms with van der Waals surface area (Å²) in [5, 5.41) is 2.99. The topological polar surface area (TPSA) is 72.2 Å². The molecule has 19 heavy (non-hydrogen) atoms. The molecule has 0 bridgehead atoms. The van der Waals surface area contributed by atoms with Crippen molar-refractivity contribution < 1.29 is 9.00 Å². The summed E-state index contributed by atoms with van der Waals surface area (Å²) >= 11 is 0. The Kier molecular flexibility index (Phi) is 5.10. The third-order valence-corrected chi connectivity index (χ3v) is 5.18. The number of carbonyl (C=O) groups excluding carboxylic acids is 1. The van der Waals surface area contributed by atoms with Crippen LogP contribution in [-0.2, 0) is 22.1 Å². The molecule has 1 aromatic rings. The molecule has 0 aromatic heterocycles. The molecule has 1 atom stereocenters. The van der Waals surface area contributed by atoms with Gasteiger partial charge < -0.3 is 11.1 Å². The first kappa shape index (κ1) is 14.2. The smallest absolute Gasteiger partial charge is 0.237 e. The maximum Gasteiger partial charge on any atom is 0.237 e. The van der Waals surface area contributed by atoms with E-state index in [-0.39, 0.29) is 16.9 Å². The summed E-state index contributed by atoms with van der Waals surface area (Å²) in [7, 11) is -1.04. The van der Waals surface area contributed by atoms with Crippen LogP contribution in [0.4, 0.5) is 5.69 Å². The second-order valence-corrected chi connectivity index (χ2v) is 6.60. The molecule has 3 N–H and O–H groups in total. The van der Waals surface area contributed by atoms with Crippen LogP contribution in [0.1, 0.15) is 31.2 Å². The molecule has 1 unspecified atom stereocenters. The molecule has 1 fully saturated rings. The predicted molar refractivity (Wildman–Crippen MR) is 78.2 cm³/mol. The number of amides is 1. The summed E-state index contributed by atoms with van der Waals surface area (Å²) in [6, 6.07) is 7.39. The van der Waals surface area contributed by atoms with Crippen molar-refractivity contribution in [1.82, 2.24) is 0 Å². The molecule has 104 valence electrons. The molecule has 5 heteroatoms. The van der Waals surface area contributed by atoms with E-state index in [0.717, 1.165) is 36.9 Å². The largest absolute Gasteiger partial charge is 0.326 e.